The SMILES string of the molecule is O=C1NCC(c2cc(-c3cc(Cl)cc(OCc4ccccc4)c3)c(=O)n(-c3cccnc3)c2)C(=O)N1. The predicted molar refractivity (Wildman–Crippen MR) is 135 cm³/mol. The Balaban J connectivity index is 1.59. The van der Waals surface area contributed by atoms with Crippen LogP contribution in [0.4, 0.5) is 4.79 Å². The third-order valence-electron chi connectivity index (χ3n) is 5.82. The van der Waals surface area contributed by atoms with Crippen molar-refractivity contribution in [3.05, 3.63) is 112 Å². The minimum Gasteiger partial charge on any atom is -0.489 e. The molecule has 1 aliphatic rings. The number of nitrogens with one attached hydrogen (secondary N) is 2. The van der Waals surface area contributed by atoms with E-state index in [4.69, 9.17) is 16.3 Å². The van der Waals surface area contributed by atoms with Gasteiger partial charge in [0.25, 0.3) is 5.56 Å². The highest BCUT2D eigenvalue weighted by Gasteiger charge is 2.29. The Bertz CT molecular complexity index is 1490. The van der Waals surface area contributed by atoms with Crippen LogP contribution in [0, 0.1) is 0 Å². The van der Waals surface area contributed by atoms with Gasteiger partial charge in [-0.3, -0.25) is 24.5 Å². The van der Waals surface area contributed by atoms with E-state index in [0.29, 0.717) is 39.8 Å². The van der Waals surface area contributed by atoms with E-state index >= 15 is 0 Å². The maximum Gasteiger partial charge on any atom is 0.321 e. The number of ether oxygens (including phenoxy) is 1. The van der Waals surface area contributed by atoms with Crippen LogP contribution in [-0.4, -0.2) is 28.0 Å². The number of hydrogen-bond donors (Lipinski definition) is 2. The van der Waals surface area contributed by atoms with E-state index in [1.54, 1.807) is 55.0 Å². The second-order valence-electron chi connectivity index (χ2n) is 8.28. The fourth-order valence-corrected chi connectivity index (χ4v) is 4.26. The molecule has 2 aromatic heterocycles. The quantitative estimate of drug-likeness (QED) is 0.416. The highest BCUT2D eigenvalue weighted by atomic mass is 35.5. The average Bonchev–Trinajstić information content (AvgIpc) is 2.89. The summed E-state index contributed by atoms with van der Waals surface area (Å²) >= 11 is 6.41. The highest BCUT2D eigenvalue weighted by Crippen LogP contribution is 2.30. The summed E-state index contributed by atoms with van der Waals surface area (Å²) in [5.74, 6) is -0.626. The number of imide groups is 1. The van der Waals surface area contributed by atoms with Crippen molar-refractivity contribution in [3.8, 4) is 22.6 Å². The van der Waals surface area contributed by atoms with Gasteiger partial charge in [0.15, 0.2) is 0 Å². The molecule has 1 saturated heterocycles. The number of halogens is 1. The van der Waals surface area contributed by atoms with Gasteiger partial charge in [-0.25, -0.2) is 4.79 Å². The fourth-order valence-electron chi connectivity index (χ4n) is 4.03. The van der Waals surface area contributed by atoms with Gasteiger partial charge in [-0.1, -0.05) is 41.9 Å². The zero-order chi connectivity index (χ0) is 25.1. The monoisotopic (exact) mass is 500 g/mol. The molecular weight excluding hydrogens is 480 g/mol. The third kappa shape index (κ3) is 4.99. The fraction of sp³-hybridized carbons (Fsp3) is 0.111. The molecule has 3 heterocycles. The summed E-state index contributed by atoms with van der Waals surface area (Å²) in [5.41, 5.74) is 2.63. The smallest absolute Gasteiger partial charge is 0.321 e. The molecule has 2 N–H and O–H groups in total. The number of amides is 3. The van der Waals surface area contributed by atoms with Gasteiger partial charge in [0.05, 0.1) is 17.8 Å². The predicted octanol–water partition coefficient (Wildman–Crippen LogP) is 4.05. The zero-order valence-electron chi connectivity index (χ0n) is 19.0. The largest absolute Gasteiger partial charge is 0.489 e. The molecule has 0 radical (unpaired) electrons. The first-order valence-corrected chi connectivity index (χ1v) is 11.6. The topological polar surface area (TPSA) is 102 Å². The number of rotatable bonds is 6. The van der Waals surface area contributed by atoms with Gasteiger partial charge in [0.2, 0.25) is 5.91 Å². The van der Waals surface area contributed by atoms with Crippen LogP contribution < -0.4 is 20.9 Å². The lowest BCUT2D eigenvalue weighted by Gasteiger charge is -2.23. The Labute approximate surface area is 211 Å². The molecule has 1 atom stereocenters. The lowest BCUT2D eigenvalue weighted by molar-refractivity contribution is -0.122. The van der Waals surface area contributed by atoms with Gasteiger partial charge < -0.3 is 10.1 Å². The number of pyridine rings is 2. The maximum atomic E-state index is 13.6. The molecule has 5 rings (SSSR count). The number of carbonyl (C=O) groups excluding carboxylic acids is 2. The Morgan fingerprint density at radius 3 is 2.61 bits per heavy atom. The Morgan fingerprint density at radius 2 is 1.86 bits per heavy atom. The summed E-state index contributed by atoms with van der Waals surface area (Å²) in [7, 11) is 0. The number of urea groups is 1. The van der Waals surface area contributed by atoms with Gasteiger partial charge in [0.1, 0.15) is 12.4 Å². The Hall–Kier alpha value is -4.43. The van der Waals surface area contributed by atoms with Gasteiger partial charge >= 0.3 is 6.03 Å². The maximum absolute atomic E-state index is 13.6. The van der Waals surface area contributed by atoms with Crippen LogP contribution in [0.15, 0.2) is 90.1 Å². The van der Waals surface area contributed by atoms with E-state index in [-0.39, 0.29) is 12.1 Å². The third-order valence-corrected chi connectivity index (χ3v) is 6.03. The van der Waals surface area contributed by atoms with E-state index < -0.39 is 17.9 Å². The van der Waals surface area contributed by atoms with Crippen molar-refractivity contribution >= 4 is 23.5 Å². The first-order chi connectivity index (χ1) is 17.5. The van der Waals surface area contributed by atoms with E-state index in [0.717, 1.165) is 5.56 Å². The molecule has 9 heteroatoms. The summed E-state index contributed by atoms with van der Waals surface area (Å²) in [6.07, 6.45) is 4.77. The number of nitrogens with zero attached hydrogens (tertiary/aromatic N) is 2. The number of carbonyl (C=O) groups is 2. The Morgan fingerprint density at radius 1 is 1.03 bits per heavy atom. The van der Waals surface area contributed by atoms with E-state index in [1.807, 2.05) is 30.3 Å². The molecule has 3 amide bonds. The van der Waals surface area contributed by atoms with Crippen LogP contribution in [0.1, 0.15) is 17.0 Å². The Kier molecular flexibility index (Phi) is 6.51. The van der Waals surface area contributed by atoms with Crippen LogP contribution in [0.3, 0.4) is 0 Å². The second-order valence-corrected chi connectivity index (χ2v) is 8.71. The number of aromatic nitrogens is 2. The molecule has 1 aliphatic heterocycles. The van der Waals surface area contributed by atoms with Gasteiger partial charge in [-0.2, -0.15) is 0 Å². The van der Waals surface area contributed by atoms with Crippen molar-refractivity contribution in [2.75, 3.05) is 6.54 Å². The van der Waals surface area contributed by atoms with Crippen molar-refractivity contribution in [1.82, 2.24) is 20.2 Å². The molecule has 1 unspecified atom stereocenters. The summed E-state index contributed by atoms with van der Waals surface area (Å²) in [5, 5.41) is 5.31. The molecule has 8 nitrogen and oxygen atoms in total. The second kappa shape index (κ2) is 10.1. The lowest BCUT2D eigenvalue weighted by atomic mass is 9.95. The summed E-state index contributed by atoms with van der Waals surface area (Å²) in [6.45, 7) is 0.443. The molecule has 1 fully saturated rings. The number of benzene rings is 2. The summed E-state index contributed by atoms with van der Waals surface area (Å²) < 4.78 is 7.39. The molecule has 0 aliphatic carbocycles. The number of hydrogen-bond acceptors (Lipinski definition) is 5. The minimum absolute atomic E-state index is 0.107. The molecular formula is C27H21ClN4O4. The van der Waals surface area contributed by atoms with Crippen molar-refractivity contribution in [1.29, 1.82) is 0 Å². The van der Waals surface area contributed by atoms with Crippen molar-refractivity contribution < 1.29 is 14.3 Å². The van der Waals surface area contributed by atoms with Crippen LogP contribution >= 0.6 is 11.6 Å². The average molecular weight is 501 g/mol. The van der Waals surface area contributed by atoms with Crippen LogP contribution in [0.2, 0.25) is 5.02 Å². The van der Waals surface area contributed by atoms with Crippen molar-refractivity contribution in [3.63, 3.8) is 0 Å². The van der Waals surface area contributed by atoms with E-state index in [9.17, 15) is 14.4 Å². The normalized spacial score (nSPS) is 15.2. The first kappa shape index (κ1) is 23.3. The molecule has 4 aromatic rings. The van der Waals surface area contributed by atoms with Crippen LogP contribution in [0.25, 0.3) is 16.8 Å². The van der Waals surface area contributed by atoms with Crippen molar-refractivity contribution in [2.45, 2.75) is 12.5 Å². The minimum atomic E-state index is -0.682. The molecule has 0 saturated carbocycles. The zero-order valence-corrected chi connectivity index (χ0v) is 19.7. The first-order valence-electron chi connectivity index (χ1n) is 11.2. The van der Waals surface area contributed by atoms with Gasteiger partial charge in [0, 0.05) is 29.5 Å². The molecule has 0 spiro atoms. The van der Waals surface area contributed by atoms with Crippen LogP contribution in [0.5, 0.6) is 5.75 Å². The summed E-state index contributed by atoms with van der Waals surface area (Å²) in [4.78, 5) is 41.9. The lowest BCUT2D eigenvalue weighted by Crippen LogP contribution is -2.51. The molecule has 0 bridgehead atoms. The van der Waals surface area contributed by atoms with Gasteiger partial charge in [-0.15, -0.1) is 0 Å². The van der Waals surface area contributed by atoms with E-state index in [1.165, 1.54) is 4.57 Å². The molecule has 36 heavy (non-hydrogen) atoms. The molecule has 180 valence electrons. The van der Waals surface area contributed by atoms with E-state index in [2.05, 4.69) is 15.6 Å². The standard InChI is InChI=1S/C27H21ClN4O4/c28-20-9-18(10-22(12-20)36-16-17-5-2-1-3-6-17)23-11-19(24-14-30-27(35)31-25(24)33)15-32(26(23)34)21-7-4-8-29-13-21/h1-13,15,24H,14,16H2,(H2,30,31,33,35). The van der Waals surface area contributed by atoms with Crippen LogP contribution in [-0.2, 0) is 11.4 Å². The van der Waals surface area contributed by atoms with Gasteiger partial charge in [-0.05, 0) is 53.1 Å². The van der Waals surface area contributed by atoms with Crippen molar-refractivity contribution in [2.24, 2.45) is 0 Å². The highest BCUT2D eigenvalue weighted by molar-refractivity contribution is 6.31. The summed E-state index contributed by atoms with van der Waals surface area (Å²) in [6, 6.07) is 19.4. The molecule has 2 aromatic carbocycles.